The van der Waals surface area contributed by atoms with E-state index in [4.69, 9.17) is 0 Å². The molecule has 1 fully saturated rings. The third-order valence-electron chi connectivity index (χ3n) is 6.31. The number of aryl methyl sites for hydroxylation is 2. The van der Waals surface area contributed by atoms with E-state index in [2.05, 4.69) is 11.8 Å². The topological polar surface area (TPSA) is 0 Å². The Bertz CT molecular complexity index is 1030. The molecule has 0 heterocycles. The Labute approximate surface area is 162 Å². The van der Waals surface area contributed by atoms with Crippen LogP contribution in [0.5, 0.6) is 0 Å². The fraction of sp³-hybridized carbons (Fsp3) is 0.333. The molecule has 0 unspecified atom stereocenters. The smallest absolute Gasteiger partial charge is 0.174 e. The van der Waals surface area contributed by atoms with Crippen molar-refractivity contribution in [2.45, 2.75) is 44.9 Å². The highest BCUT2D eigenvalue weighted by atomic mass is 19.2. The number of halogens is 4. The second-order valence-electron chi connectivity index (χ2n) is 7.97. The van der Waals surface area contributed by atoms with Crippen molar-refractivity contribution in [3.05, 3.63) is 81.9 Å². The van der Waals surface area contributed by atoms with E-state index in [1.165, 1.54) is 19.1 Å². The summed E-state index contributed by atoms with van der Waals surface area (Å²) in [6.45, 7) is 3.41. The number of benzene rings is 2. The SMILES string of the molecule is Cc1ccc(C23CCC(C#Cc4ccc(C)c(F)c4F)(CC2)C(F)=C3F)cc1. The molecule has 3 aliphatic carbocycles. The van der Waals surface area contributed by atoms with Gasteiger partial charge < -0.3 is 0 Å². The molecule has 0 nitrogen and oxygen atoms in total. The summed E-state index contributed by atoms with van der Waals surface area (Å²) < 4.78 is 58.1. The van der Waals surface area contributed by atoms with Crippen LogP contribution < -0.4 is 0 Å². The molecular weight excluding hydrogens is 364 g/mol. The minimum Gasteiger partial charge on any atom is -0.208 e. The Kier molecular flexibility index (Phi) is 4.38. The number of fused-ring (bicyclic) bond motifs is 2. The van der Waals surface area contributed by atoms with Crippen molar-refractivity contribution in [1.29, 1.82) is 0 Å². The van der Waals surface area contributed by atoms with Crippen LogP contribution in [-0.2, 0) is 5.41 Å². The highest BCUT2D eigenvalue weighted by Gasteiger charge is 2.55. The molecule has 4 heteroatoms. The van der Waals surface area contributed by atoms with Gasteiger partial charge in [0.2, 0.25) is 0 Å². The zero-order valence-corrected chi connectivity index (χ0v) is 15.8. The Hall–Kier alpha value is -2.54. The molecule has 0 saturated heterocycles. The molecule has 0 aliphatic heterocycles. The predicted molar refractivity (Wildman–Crippen MR) is 101 cm³/mol. The van der Waals surface area contributed by atoms with Gasteiger partial charge in [-0.3, -0.25) is 0 Å². The lowest BCUT2D eigenvalue weighted by atomic mass is 9.55. The number of rotatable bonds is 1. The summed E-state index contributed by atoms with van der Waals surface area (Å²) in [4.78, 5) is 0. The number of hydrogen-bond acceptors (Lipinski definition) is 0. The van der Waals surface area contributed by atoms with Crippen molar-refractivity contribution in [1.82, 2.24) is 0 Å². The molecule has 0 radical (unpaired) electrons. The van der Waals surface area contributed by atoms with E-state index in [-0.39, 0.29) is 11.1 Å². The fourth-order valence-electron chi connectivity index (χ4n) is 4.36. The lowest BCUT2D eigenvalue weighted by Gasteiger charge is -2.48. The van der Waals surface area contributed by atoms with Crippen molar-refractivity contribution in [3.8, 4) is 11.8 Å². The summed E-state index contributed by atoms with van der Waals surface area (Å²) in [6, 6.07) is 10.3. The van der Waals surface area contributed by atoms with Crippen LogP contribution in [0.4, 0.5) is 17.6 Å². The monoisotopic (exact) mass is 384 g/mol. The normalized spacial score (nSPS) is 26.2. The standard InChI is InChI=1S/C24H20F4/c1-15-3-7-18(8-4-15)24-13-11-23(12-14-24,21(27)22(24)28)10-9-17-6-5-16(2)19(25)20(17)26/h3-8H,11-14H2,1-2H3. The molecule has 0 aromatic heterocycles. The third kappa shape index (κ3) is 2.68. The van der Waals surface area contributed by atoms with Crippen LogP contribution in [0.1, 0.15) is 47.9 Å². The first-order valence-corrected chi connectivity index (χ1v) is 9.40. The van der Waals surface area contributed by atoms with Gasteiger partial charge in [-0.25, -0.2) is 17.6 Å². The quantitative estimate of drug-likeness (QED) is 0.384. The van der Waals surface area contributed by atoms with Crippen LogP contribution >= 0.6 is 0 Å². The Morgan fingerprint density at radius 3 is 2.04 bits per heavy atom. The van der Waals surface area contributed by atoms with Gasteiger partial charge in [-0.15, -0.1) is 0 Å². The van der Waals surface area contributed by atoms with Gasteiger partial charge in [0.05, 0.1) is 11.0 Å². The van der Waals surface area contributed by atoms with Crippen molar-refractivity contribution >= 4 is 0 Å². The second kappa shape index (κ2) is 6.51. The number of hydrogen-bond donors (Lipinski definition) is 0. The molecule has 2 bridgehead atoms. The molecule has 0 spiro atoms. The van der Waals surface area contributed by atoms with Gasteiger partial charge in [-0.2, -0.15) is 0 Å². The molecular formula is C24H20F4. The van der Waals surface area contributed by atoms with Crippen molar-refractivity contribution in [3.63, 3.8) is 0 Å². The molecule has 2 aromatic rings. The molecule has 0 amide bonds. The summed E-state index contributed by atoms with van der Waals surface area (Å²) in [5.74, 6) is 1.70. The maximum atomic E-state index is 15.2. The Balaban J connectivity index is 1.75. The Morgan fingerprint density at radius 2 is 1.39 bits per heavy atom. The fourth-order valence-corrected chi connectivity index (χ4v) is 4.36. The van der Waals surface area contributed by atoms with Crippen molar-refractivity contribution in [2.24, 2.45) is 5.41 Å². The van der Waals surface area contributed by atoms with Gasteiger partial charge in [0, 0.05) is 5.41 Å². The summed E-state index contributed by atoms with van der Waals surface area (Å²) in [5, 5.41) is 0. The van der Waals surface area contributed by atoms with E-state index in [9.17, 15) is 8.78 Å². The first-order chi connectivity index (χ1) is 13.3. The Morgan fingerprint density at radius 1 is 0.750 bits per heavy atom. The first kappa shape index (κ1) is 18.8. The average molecular weight is 384 g/mol. The predicted octanol–water partition coefficient (Wildman–Crippen LogP) is 6.60. The molecule has 0 atom stereocenters. The van der Waals surface area contributed by atoms with Gasteiger partial charge in [0.1, 0.15) is 5.83 Å². The maximum Gasteiger partial charge on any atom is 0.174 e. The van der Waals surface area contributed by atoms with Gasteiger partial charge in [0.15, 0.2) is 17.5 Å². The summed E-state index contributed by atoms with van der Waals surface area (Å²) in [7, 11) is 0. The van der Waals surface area contributed by atoms with Gasteiger partial charge >= 0.3 is 0 Å². The van der Waals surface area contributed by atoms with E-state index in [1.807, 2.05) is 31.2 Å². The summed E-state index contributed by atoms with van der Waals surface area (Å²) in [6.07, 6.45) is 1.58. The van der Waals surface area contributed by atoms with Crippen LogP contribution in [-0.4, -0.2) is 0 Å². The zero-order valence-electron chi connectivity index (χ0n) is 15.8. The highest BCUT2D eigenvalue weighted by Crippen LogP contribution is 2.61. The van der Waals surface area contributed by atoms with E-state index in [1.54, 1.807) is 0 Å². The average Bonchev–Trinajstić information content (AvgIpc) is 2.70. The molecule has 5 rings (SSSR count). The van der Waals surface area contributed by atoms with Crippen LogP contribution in [0, 0.1) is 42.7 Å². The van der Waals surface area contributed by atoms with Gasteiger partial charge in [-0.1, -0.05) is 47.7 Å². The molecule has 1 saturated carbocycles. The first-order valence-electron chi connectivity index (χ1n) is 9.40. The molecule has 3 aliphatic rings. The highest BCUT2D eigenvalue weighted by molar-refractivity contribution is 5.47. The van der Waals surface area contributed by atoms with Gasteiger partial charge in [0.25, 0.3) is 0 Å². The maximum absolute atomic E-state index is 15.2. The van der Waals surface area contributed by atoms with E-state index < -0.39 is 34.1 Å². The van der Waals surface area contributed by atoms with Gasteiger partial charge in [-0.05, 0) is 56.7 Å². The summed E-state index contributed by atoms with van der Waals surface area (Å²) >= 11 is 0. The van der Waals surface area contributed by atoms with E-state index >= 15 is 8.78 Å². The van der Waals surface area contributed by atoms with Crippen LogP contribution in [0.3, 0.4) is 0 Å². The summed E-state index contributed by atoms with van der Waals surface area (Å²) in [5.41, 5.74) is -0.321. The van der Waals surface area contributed by atoms with Crippen molar-refractivity contribution in [2.75, 3.05) is 0 Å². The van der Waals surface area contributed by atoms with Crippen molar-refractivity contribution < 1.29 is 17.6 Å². The molecule has 144 valence electrons. The zero-order chi connectivity index (χ0) is 20.1. The van der Waals surface area contributed by atoms with Crippen LogP contribution in [0.2, 0.25) is 0 Å². The van der Waals surface area contributed by atoms with Crippen LogP contribution in [0.25, 0.3) is 0 Å². The third-order valence-corrected chi connectivity index (χ3v) is 6.31. The largest absolute Gasteiger partial charge is 0.208 e. The lowest BCUT2D eigenvalue weighted by Crippen LogP contribution is -2.44. The second-order valence-corrected chi connectivity index (χ2v) is 7.97. The van der Waals surface area contributed by atoms with E-state index in [0.29, 0.717) is 25.7 Å². The minimum atomic E-state index is -1.26. The van der Waals surface area contributed by atoms with E-state index in [0.717, 1.165) is 11.1 Å². The minimum absolute atomic E-state index is 0.133. The molecule has 0 N–H and O–H groups in total. The van der Waals surface area contributed by atoms with Crippen LogP contribution in [0.15, 0.2) is 48.1 Å². The number of allylic oxidation sites excluding steroid dienone is 2. The molecule has 2 aromatic carbocycles. The lowest BCUT2D eigenvalue weighted by molar-refractivity contribution is 0.133. The molecule has 28 heavy (non-hydrogen) atoms.